The fourth-order valence-electron chi connectivity index (χ4n) is 2.39. The van der Waals surface area contributed by atoms with Gasteiger partial charge in [0.25, 0.3) is 5.91 Å². The van der Waals surface area contributed by atoms with E-state index in [4.69, 9.17) is 0 Å². The van der Waals surface area contributed by atoms with Gasteiger partial charge in [0.15, 0.2) is 5.78 Å². The monoisotopic (exact) mass is 293 g/mol. The first-order valence-corrected chi connectivity index (χ1v) is 7.64. The van der Waals surface area contributed by atoms with Gasteiger partial charge in [-0.1, -0.05) is 48.0 Å². The Labute approximate surface area is 130 Å². The van der Waals surface area contributed by atoms with Crippen LogP contribution < -0.4 is 5.32 Å². The van der Waals surface area contributed by atoms with E-state index < -0.39 is 0 Å². The molecule has 1 N–H and O–H groups in total. The largest absolute Gasteiger partial charge is 0.352 e. The van der Waals surface area contributed by atoms with Crippen molar-refractivity contribution in [3.8, 4) is 0 Å². The second-order valence-electron chi connectivity index (χ2n) is 5.89. The number of benzene rings is 2. The molecule has 0 unspecified atom stereocenters. The molecule has 0 spiro atoms. The van der Waals surface area contributed by atoms with E-state index in [9.17, 15) is 9.59 Å². The Balaban J connectivity index is 1.84. The van der Waals surface area contributed by atoms with E-state index in [1.54, 1.807) is 36.4 Å². The molecule has 3 nitrogen and oxygen atoms in total. The maximum atomic E-state index is 12.7. The number of hydrogen-bond acceptors (Lipinski definition) is 2. The molecule has 0 atom stereocenters. The molecule has 22 heavy (non-hydrogen) atoms. The first-order chi connectivity index (χ1) is 10.6. The zero-order valence-corrected chi connectivity index (χ0v) is 12.6. The van der Waals surface area contributed by atoms with Crippen LogP contribution in [0.5, 0.6) is 0 Å². The van der Waals surface area contributed by atoms with E-state index >= 15 is 0 Å². The summed E-state index contributed by atoms with van der Waals surface area (Å²) < 4.78 is 0. The minimum Gasteiger partial charge on any atom is -0.352 e. The van der Waals surface area contributed by atoms with Gasteiger partial charge in [-0.3, -0.25) is 9.59 Å². The molecule has 0 bridgehead atoms. The quantitative estimate of drug-likeness (QED) is 0.859. The normalized spacial score (nSPS) is 13.7. The number of hydrogen-bond donors (Lipinski definition) is 1. The highest BCUT2D eigenvalue weighted by molar-refractivity contribution is 6.15. The van der Waals surface area contributed by atoms with Crippen LogP contribution in [0, 0.1) is 12.8 Å². The van der Waals surface area contributed by atoms with Gasteiger partial charge in [0.2, 0.25) is 0 Å². The summed E-state index contributed by atoms with van der Waals surface area (Å²) in [7, 11) is 0. The summed E-state index contributed by atoms with van der Waals surface area (Å²) in [5, 5.41) is 2.93. The number of nitrogens with one attached hydrogen (secondary N) is 1. The number of carbonyl (C=O) groups excluding carboxylic acids is 2. The summed E-state index contributed by atoms with van der Waals surface area (Å²) in [6.45, 7) is 2.68. The van der Waals surface area contributed by atoms with E-state index in [2.05, 4.69) is 5.32 Å². The van der Waals surface area contributed by atoms with Gasteiger partial charge in [-0.05, 0) is 31.7 Å². The van der Waals surface area contributed by atoms with Crippen LogP contribution in [0.25, 0.3) is 0 Å². The summed E-state index contributed by atoms with van der Waals surface area (Å²) in [5.74, 6) is 0.337. The molecule has 0 radical (unpaired) electrons. The van der Waals surface area contributed by atoms with Crippen molar-refractivity contribution >= 4 is 11.7 Å². The Morgan fingerprint density at radius 2 is 1.64 bits per heavy atom. The predicted molar refractivity (Wildman–Crippen MR) is 86.1 cm³/mol. The van der Waals surface area contributed by atoms with Crippen LogP contribution in [0.15, 0.2) is 48.5 Å². The SMILES string of the molecule is Cc1ccc(C(=O)c2ccccc2C(=O)NCC2CC2)cc1. The van der Waals surface area contributed by atoms with Crippen molar-refractivity contribution in [3.05, 3.63) is 70.8 Å². The highest BCUT2D eigenvalue weighted by Gasteiger charge is 2.23. The molecule has 112 valence electrons. The van der Waals surface area contributed by atoms with Crippen LogP contribution in [0.3, 0.4) is 0 Å². The lowest BCUT2D eigenvalue weighted by molar-refractivity contribution is 0.0940. The summed E-state index contributed by atoms with van der Waals surface area (Å²) >= 11 is 0. The molecular weight excluding hydrogens is 274 g/mol. The summed E-state index contributed by atoms with van der Waals surface area (Å²) in [4.78, 5) is 25.0. The topological polar surface area (TPSA) is 46.2 Å². The Morgan fingerprint density at radius 1 is 1.00 bits per heavy atom. The molecule has 1 amide bonds. The van der Waals surface area contributed by atoms with Gasteiger partial charge in [0.05, 0.1) is 5.56 Å². The van der Waals surface area contributed by atoms with Crippen molar-refractivity contribution in [2.75, 3.05) is 6.54 Å². The zero-order chi connectivity index (χ0) is 15.5. The van der Waals surface area contributed by atoms with Crippen LogP contribution in [0.1, 0.15) is 44.7 Å². The highest BCUT2D eigenvalue weighted by atomic mass is 16.2. The van der Waals surface area contributed by atoms with E-state index in [0.29, 0.717) is 29.2 Å². The van der Waals surface area contributed by atoms with Crippen molar-refractivity contribution in [2.45, 2.75) is 19.8 Å². The van der Waals surface area contributed by atoms with E-state index in [-0.39, 0.29) is 11.7 Å². The van der Waals surface area contributed by atoms with Crippen LogP contribution in [0.4, 0.5) is 0 Å². The third-order valence-corrected chi connectivity index (χ3v) is 3.98. The number of ketones is 1. The van der Waals surface area contributed by atoms with Crippen molar-refractivity contribution in [2.24, 2.45) is 5.92 Å². The molecule has 1 aliphatic carbocycles. The van der Waals surface area contributed by atoms with Gasteiger partial charge in [-0.25, -0.2) is 0 Å². The third-order valence-electron chi connectivity index (χ3n) is 3.98. The van der Waals surface area contributed by atoms with Gasteiger partial charge in [0, 0.05) is 17.7 Å². The third kappa shape index (κ3) is 3.25. The van der Waals surface area contributed by atoms with Gasteiger partial charge in [0.1, 0.15) is 0 Å². The van der Waals surface area contributed by atoms with Crippen LogP contribution >= 0.6 is 0 Å². The molecule has 3 heteroatoms. The van der Waals surface area contributed by atoms with Crippen molar-refractivity contribution < 1.29 is 9.59 Å². The Bertz CT molecular complexity index is 700. The second kappa shape index (κ2) is 6.14. The maximum absolute atomic E-state index is 12.7. The molecule has 1 fully saturated rings. The van der Waals surface area contributed by atoms with Gasteiger partial charge >= 0.3 is 0 Å². The molecule has 0 heterocycles. The summed E-state index contributed by atoms with van der Waals surface area (Å²) in [6, 6.07) is 14.4. The molecule has 0 saturated heterocycles. The van der Waals surface area contributed by atoms with Crippen LogP contribution in [-0.2, 0) is 0 Å². The number of amides is 1. The minimum absolute atomic E-state index is 0.114. The van der Waals surface area contributed by atoms with Crippen molar-refractivity contribution in [1.29, 1.82) is 0 Å². The number of rotatable bonds is 5. The lowest BCUT2D eigenvalue weighted by atomic mass is 9.97. The second-order valence-corrected chi connectivity index (χ2v) is 5.89. The zero-order valence-electron chi connectivity index (χ0n) is 12.6. The van der Waals surface area contributed by atoms with Gasteiger partial charge in [-0.2, -0.15) is 0 Å². The van der Waals surface area contributed by atoms with Crippen molar-refractivity contribution in [3.63, 3.8) is 0 Å². The van der Waals surface area contributed by atoms with Crippen molar-refractivity contribution in [1.82, 2.24) is 5.32 Å². The fraction of sp³-hybridized carbons (Fsp3) is 0.263. The van der Waals surface area contributed by atoms with Crippen LogP contribution in [-0.4, -0.2) is 18.2 Å². The summed E-state index contributed by atoms with van der Waals surface area (Å²) in [6.07, 6.45) is 2.37. The molecule has 1 aliphatic rings. The molecule has 0 aliphatic heterocycles. The number of aryl methyl sites for hydroxylation is 1. The van der Waals surface area contributed by atoms with E-state index in [1.807, 2.05) is 19.1 Å². The smallest absolute Gasteiger partial charge is 0.252 e. The minimum atomic E-state index is -0.164. The first-order valence-electron chi connectivity index (χ1n) is 7.64. The van der Waals surface area contributed by atoms with E-state index in [0.717, 1.165) is 5.56 Å². The standard InChI is InChI=1S/C19H19NO2/c1-13-6-10-15(11-7-13)18(21)16-4-2-3-5-17(16)19(22)20-12-14-8-9-14/h2-7,10-11,14H,8-9,12H2,1H3,(H,20,22). The molecule has 0 aromatic heterocycles. The molecule has 3 rings (SSSR count). The lowest BCUT2D eigenvalue weighted by Crippen LogP contribution is -2.27. The molecular formula is C19H19NO2. The Kier molecular flexibility index (Phi) is 4.05. The Hall–Kier alpha value is -2.42. The molecule has 2 aromatic rings. The number of carbonyl (C=O) groups is 2. The van der Waals surface area contributed by atoms with Gasteiger partial charge in [-0.15, -0.1) is 0 Å². The Morgan fingerprint density at radius 3 is 2.27 bits per heavy atom. The fourth-order valence-corrected chi connectivity index (χ4v) is 2.39. The predicted octanol–water partition coefficient (Wildman–Crippen LogP) is 3.37. The lowest BCUT2D eigenvalue weighted by Gasteiger charge is -2.09. The summed E-state index contributed by atoms with van der Waals surface area (Å²) in [5.41, 5.74) is 2.62. The van der Waals surface area contributed by atoms with Gasteiger partial charge < -0.3 is 5.32 Å². The average Bonchev–Trinajstić information content (AvgIpc) is 3.37. The van der Waals surface area contributed by atoms with E-state index in [1.165, 1.54) is 12.8 Å². The highest BCUT2D eigenvalue weighted by Crippen LogP contribution is 2.27. The molecule has 2 aromatic carbocycles. The maximum Gasteiger partial charge on any atom is 0.252 e. The first kappa shape index (κ1) is 14.5. The molecule has 1 saturated carbocycles. The van der Waals surface area contributed by atoms with Crippen LogP contribution in [0.2, 0.25) is 0 Å². The average molecular weight is 293 g/mol.